The highest BCUT2D eigenvalue weighted by Crippen LogP contribution is 2.26. The van der Waals surface area contributed by atoms with Crippen molar-refractivity contribution in [1.82, 2.24) is 0 Å². The van der Waals surface area contributed by atoms with Crippen LogP contribution in [0.4, 0.5) is 0 Å². The summed E-state index contributed by atoms with van der Waals surface area (Å²) in [7, 11) is 0. The molecule has 1 heterocycles. The zero-order chi connectivity index (χ0) is 11.4. The van der Waals surface area contributed by atoms with E-state index in [4.69, 9.17) is 5.73 Å². The summed E-state index contributed by atoms with van der Waals surface area (Å²) < 4.78 is 1.38. The summed E-state index contributed by atoms with van der Waals surface area (Å²) in [5.74, 6) is 0. The first kappa shape index (κ1) is 11.6. The lowest BCUT2D eigenvalue weighted by atomic mass is 10.0. The number of nitrogens with two attached hydrogens (primary N) is 1. The fraction of sp³-hybridized carbons (Fsp3) is 0.429. The van der Waals surface area contributed by atoms with Crippen molar-refractivity contribution in [2.45, 2.75) is 38.6 Å². The minimum Gasteiger partial charge on any atom is -0.327 e. The summed E-state index contributed by atoms with van der Waals surface area (Å²) >= 11 is 1.82. The molecule has 1 aromatic heterocycles. The van der Waals surface area contributed by atoms with Gasteiger partial charge in [-0.3, -0.25) is 0 Å². The predicted octanol–water partition coefficient (Wildman–Crippen LogP) is 3.96. The molecular formula is C14H19NS. The van der Waals surface area contributed by atoms with Crippen molar-refractivity contribution < 1.29 is 0 Å². The standard InChI is InChI=1S/C14H19NS/c1-2-3-6-12(15)9-11-10-16-14-8-5-4-7-13(11)14/h4-5,7-8,10,12H,2-3,6,9,15H2,1H3. The number of unbranched alkanes of at least 4 members (excludes halogenated alkanes) is 1. The highest BCUT2D eigenvalue weighted by molar-refractivity contribution is 7.17. The lowest BCUT2D eigenvalue weighted by Gasteiger charge is -2.09. The molecule has 86 valence electrons. The van der Waals surface area contributed by atoms with Gasteiger partial charge < -0.3 is 5.73 Å². The van der Waals surface area contributed by atoms with Crippen LogP contribution in [0.5, 0.6) is 0 Å². The van der Waals surface area contributed by atoms with E-state index in [1.54, 1.807) is 0 Å². The molecule has 2 aromatic rings. The fourth-order valence-electron chi connectivity index (χ4n) is 2.04. The number of hydrogen-bond donors (Lipinski definition) is 1. The van der Waals surface area contributed by atoms with E-state index in [0.717, 1.165) is 12.8 Å². The van der Waals surface area contributed by atoms with E-state index in [0.29, 0.717) is 6.04 Å². The Bertz CT molecular complexity index is 447. The Morgan fingerprint density at radius 3 is 2.94 bits per heavy atom. The van der Waals surface area contributed by atoms with E-state index in [2.05, 4.69) is 36.6 Å². The summed E-state index contributed by atoms with van der Waals surface area (Å²) in [4.78, 5) is 0. The van der Waals surface area contributed by atoms with Gasteiger partial charge in [0.2, 0.25) is 0 Å². The topological polar surface area (TPSA) is 26.0 Å². The first-order valence-electron chi connectivity index (χ1n) is 6.02. The third-order valence-corrected chi connectivity index (χ3v) is 3.98. The molecule has 0 aliphatic heterocycles. The van der Waals surface area contributed by atoms with Crippen molar-refractivity contribution in [1.29, 1.82) is 0 Å². The number of fused-ring (bicyclic) bond motifs is 1. The summed E-state index contributed by atoms with van der Waals surface area (Å²) in [6.07, 6.45) is 4.63. The summed E-state index contributed by atoms with van der Waals surface area (Å²) in [6, 6.07) is 8.91. The van der Waals surface area contributed by atoms with Crippen LogP contribution in [0.25, 0.3) is 10.1 Å². The molecule has 2 rings (SSSR count). The van der Waals surface area contributed by atoms with Crippen molar-refractivity contribution in [2.75, 3.05) is 0 Å². The molecule has 1 unspecified atom stereocenters. The van der Waals surface area contributed by atoms with Crippen LogP contribution in [0.3, 0.4) is 0 Å². The van der Waals surface area contributed by atoms with Gasteiger partial charge in [0, 0.05) is 10.7 Å². The number of benzene rings is 1. The Kier molecular flexibility index (Phi) is 3.97. The Morgan fingerprint density at radius 1 is 1.31 bits per heavy atom. The van der Waals surface area contributed by atoms with Crippen molar-refractivity contribution in [3.05, 3.63) is 35.2 Å². The first-order chi connectivity index (χ1) is 7.81. The lowest BCUT2D eigenvalue weighted by molar-refractivity contribution is 0.576. The number of thiophene rings is 1. The third kappa shape index (κ3) is 2.63. The van der Waals surface area contributed by atoms with Crippen LogP contribution < -0.4 is 5.73 Å². The quantitative estimate of drug-likeness (QED) is 0.831. The van der Waals surface area contributed by atoms with Gasteiger partial charge in [0.15, 0.2) is 0 Å². The highest BCUT2D eigenvalue weighted by atomic mass is 32.1. The first-order valence-corrected chi connectivity index (χ1v) is 6.90. The molecule has 0 radical (unpaired) electrons. The van der Waals surface area contributed by atoms with Crippen LogP contribution in [0, 0.1) is 0 Å². The monoisotopic (exact) mass is 233 g/mol. The average molecular weight is 233 g/mol. The minimum atomic E-state index is 0.318. The lowest BCUT2D eigenvalue weighted by Crippen LogP contribution is -2.22. The van der Waals surface area contributed by atoms with Crippen LogP contribution >= 0.6 is 11.3 Å². The largest absolute Gasteiger partial charge is 0.327 e. The smallest absolute Gasteiger partial charge is 0.0345 e. The van der Waals surface area contributed by atoms with Gasteiger partial charge in [0.25, 0.3) is 0 Å². The third-order valence-electron chi connectivity index (χ3n) is 2.97. The van der Waals surface area contributed by atoms with E-state index in [9.17, 15) is 0 Å². The van der Waals surface area contributed by atoms with Gasteiger partial charge in [0.1, 0.15) is 0 Å². The second-order valence-corrected chi connectivity index (χ2v) is 5.27. The fourth-order valence-corrected chi connectivity index (χ4v) is 3.02. The predicted molar refractivity (Wildman–Crippen MR) is 73.0 cm³/mol. The molecule has 2 N–H and O–H groups in total. The summed E-state index contributed by atoms with van der Waals surface area (Å²) in [5.41, 5.74) is 7.57. The number of rotatable bonds is 5. The van der Waals surface area contributed by atoms with Crippen LogP contribution in [-0.2, 0) is 6.42 Å². The Hall–Kier alpha value is -0.860. The van der Waals surface area contributed by atoms with Gasteiger partial charge in [-0.25, -0.2) is 0 Å². The van der Waals surface area contributed by atoms with Crippen LogP contribution in [0.15, 0.2) is 29.6 Å². The van der Waals surface area contributed by atoms with Crippen LogP contribution in [0.1, 0.15) is 31.7 Å². The summed E-state index contributed by atoms with van der Waals surface area (Å²) in [6.45, 7) is 2.21. The number of hydrogen-bond acceptors (Lipinski definition) is 2. The second-order valence-electron chi connectivity index (χ2n) is 4.36. The average Bonchev–Trinajstić information content (AvgIpc) is 2.70. The van der Waals surface area contributed by atoms with Gasteiger partial charge in [-0.2, -0.15) is 0 Å². The maximum absolute atomic E-state index is 6.15. The molecule has 0 bridgehead atoms. The molecule has 0 spiro atoms. The maximum Gasteiger partial charge on any atom is 0.0345 e. The Labute approximate surface area is 101 Å². The highest BCUT2D eigenvalue weighted by Gasteiger charge is 2.08. The molecule has 0 saturated heterocycles. The molecule has 1 aromatic carbocycles. The van der Waals surface area contributed by atoms with Gasteiger partial charge in [-0.1, -0.05) is 38.0 Å². The van der Waals surface area contributed by atoms with Crippen LogP contribution in [-0.4, -0.2) is 6.04 Å². The van der Waals surface area contributed by atoms with E-state index in [1.807, 2.05) is 11.3 Å². The van der Waals surface area contributed by atoms with Crippen molar-refractivity contribution in [2.24, 2.45) is 5.73 Å². The molecule has 0 aliphatic rings. The van der Waals surface area contributed by atoms with Gasteiger partial charge >= 0.3 is 0 Å². The maximum atomic E-state index is 6.15. The molecule has 16 heavy (non-hydrogen) atoms. The molecular weight excluding hydrogens is 214 g/mol. The van der Waals surface area contributed by atoms with Crippen molar-refractivity contribution in [3.63, 3.8) is 0 Å². The Morgan fingerprint density at radius 2 is 2.12 bits per heavy atom. The van der Waals surface area contributed by atoms with Crippen LogP contribution in [0.2, 0.25) is 0 Å². The van der Waals surface area contributed by atoms with E-state index < -0.39 is 0 Å². The molecule has 1 nitrogen and oxygen atoms in total. The Balaban J connectivity index is 2.09. The van der Waals surface area contributed by atoms with E-state index >= 15 is 0 Å². The van der Waals surface area contributed by atoms with Gasteiger partial charge in [0.05, 0.1) is 0 Å². The zero-order valence-electron chi connectivity index (χ0n) is 9.78. The second kappa shape index (κ2) is 5.46. The molecule has 0 saturated carbocycles. The minimum absolute atomic E-state index is 0.318. The summed E-state index contributed by atoms with van der Waals surface area (Å²) in [5, 5.41) is 3.65. The van der Waals surface area contributed by atoms with E-state index in [1.165, 1.54) is 28.5 Å². The van der Waals surface area contributed by atoms with Gasteiger partial charge in [-0.05, 0) is 35.2 Å². The van der Waals surface area contributed by atoms with E-state index in [-0.39, 0.29) is 0 Å². The molecule has 1 atom stereocenters. The van der Waals surface area contributed by atoms with Gasteiger partial charge in [-0.15, -0.1) is 11.3 Å². The normalized spacial score (nSPS) is 13.1. The molecule has 0 fully saturated rings. The molecule has 0 amide bonds. The molecule has 2 heteroatoms. The van der Waals surface area contributed by atoms with Crippen molar-refractivity contribution in [3.8, 4) is 0 Å². The molecule has 0 aliphatic carbocycles. The SMILES string of the molecule is CCCCC(N)Cc1csc2ccccc12. The van der Waals surface area contributed by atoms with Crippen molar-refractivity contribution >= 4 is 21.4 Å². The zero-order valence-corrected chi connectivity index (χ0v) is 10.6.